The molecule has 0 aliphatic carbocycles. The summed E-state index contributed by atoms with van der Waals surface area (Å²) in [4.78, 5) is 45.8. The highest BCUT2D eigenvalue weighted by atomic mass is 35.5. The van der Waals surface area contributed by atoms with Gasteiger partial charge < -0.3 is 23.9 Å². The van der Waals surface area contributed by atoms with E-state index in [0.29, 0.717) is 29.1 Å². The molecule has 0 radical (unpaired) electrons. The number of hydrogen-bond donors (Lipinski definition) is 0. The van der Waals surface area contributed by atoms with Crippen LogP contribution in [0, 0.1) is 27.2 Å². The smallest absolute Gasteiger partial charge is 0.434 e. The van der Waals surface area contributed by atoms with Crippen molar-refractivity contribution in [3.05, 3.63) is 78.1 Å². The van der Waals surface area contributed by atoms with Crippen LogP contribution >= 0.6 is 11.6 Å². The summed E-state index contributed by atoms with van der Waals surface area (Å²) in [6, 6.07) is 7.22. The summed E-state index contributed by atoms with van der Waals surface area (Å²) in [7, 11) is 0. The SMILES string of the molecule is Cc1ncc2c(c1OC(=O)OCCCCC(CO[N+](=O)[O-])O[N+](=O)[O-])COC2c1ccc(Cl)cc1. The number of rotatable bonds is 12. The van der Waals surface area contributed by atoms with Gasteiger partial charge in [-0.1, -0.05) is 23.7 Å². The summed E-state index contributed by atoms with van der Waals surface area (Å²) >= 11 is 5.96. The lowest BCUT2D eigenvalue weighted by atomic mass is 10.0. The molecule has 0 amide bonds. The standard InChI is InChI=1S/C21H22ClN3O10/c1-13-19(18-12-32-20(17(18)10-23-13)14-5-7-15(22)8-6-14)34-21(26)31-9-3-2-4-16(35-25(29)30)11-33-24(27)28/h5-8,10,16,20H,2-4,9,11-12H2,1H3. The maximum Gasteiger partial charge on any atom is 0.513 e. The minimum absolute atomic E-state index is 0.0362. The second-order valence-electron chi connectivity index (χ2n) is 7.52. The van der Waals surface area contributed by atoms with Gasteiger partial charge in [0, 0.05) is 22.3 Å². The largest absolute Gasteiger partial charge is 0.513 e. The highest BCUT2D eigenvalue weighted by Crippen LogP contribution is 2.41. The number of carbonyl (C=O) groups excluding carboxylic acids is 1. The number of carbonyl (C=O) groups is 1. The van der Waals surface area contributed by atoms with Crippen molar-refractivity contribution in [2.45, 2.75) is 45.0 Å². The lowest BCUT2D eigenvalue weighted by Crippen LogP contribution is -2.24. The predicted octanol–water partition coefficient (Wildman–Crippen LogP) is 4.13. The normalized spacial score (nSPS) is 15.1. The Bertz CT molecular complexity index is 1070. The van der Waals surface area contributed by atoms with Gasteiger partial charge in [-0.2, -0.15) is 0 Å². The Morgan fingerprint density at radius 2 is 1.97 bits per heavy atom. The van der Waals surface area contributed by atoms with Gasteiger partial charge >= 0.3 is 6.16 Å². The Morgan fingerprint density at radius 1 is 1.23 bits per heavy atom. The van der Waals surface area contributed by atoms with Crippen molar-refractivity contribution in [3.63, 3.8) is 0 Å². The van der Waals surface area contributed by atoms with Crippen molar-refractivity contribution in [2.24, 2.45) is 0 Å². The molecule has 0 saturated heterocycles. The number of ether oxygens (including phenoxy) is 3. The fourth-order valence-electron chi connectivity index (χ4n) is 3.51. The molecule has 1 aliphatic heterocycles. The lowest BCUT2D eigenvalue weighted by molar-refractivity contribution is -0.790. The first-order chi connectivity index (χ1) is 16.7. The van der Waals surface area contributed by atoms with Crippen molar-refractivity contribution < 1.29 is 38.9 Å². The van der Waals surface area contributed by atoms with E-state index < -0.39 is 29.0 Å². The van der Waals surface area contributed by atoms with E-state index in [1.807, 2.05) is 12.1 Å². The van der Waals surface area contributed by atoms with Crippen LogP contribution in [-0.2, 0) is 25.8 Å². The van der Waals surface area contributed by atoms with Gasteiger partial charge in [-0.25, -0.2) is 4.79 Å². The summed E-state index contributed by atoms with van der Waals surface area (Å²) in [5, 5.41) is 19.2. The summed E-state index contributed by atoms with van der Waals surface area (Å²) in [5.74, 6) is 0.264. The zero-order valence-corrected chi connectivity index (χ0v) is 19.3. The first-order valence-electron chi connectivity index (χ1n) is 10.5. The van der Waals surface area contributed by atoms with Gasteiger partial charge in [0.05, 0.1) is 18.9 Å². The predicted molar refractivity (Wildman–Crippen MR) is 118 cm³/mol. The number of aryl methyl sites for hydroxylation is 1. The van der Waals surface area contributed by atoms with Gasteiger partial charge in [0.25, 0.3) is 10.2 Å². The molecular formula is C21H22ClN3O10. The van der Waals surface area contributed by atoms with Crippen molar-refractivity contribution in [1.29, 1.82) is 0 Å². The highest BCUT2D eigenvalue weighted by molar-refractivity contribution is 6.30. The van der Waals surface area contributed by atoms with Crippen LogP contribution in [0.4, 0.5) is 4.79 Å². The van der Waals surface area contributed by atoms with Crippen LogP contribution in [0.3, 0.4) is 0 Å². The van der Waals surface area contributed by atoms with E-state index in [-0.39, 0.29) is 31.5 Å². The molecule has 13 nitrogen and oxygen atoms in total. The van der Waals surface area contributed by atoms with Gasteiger partial charge in [0.1, 0.15) is 18.8 Å². The molecule has 0 N–H and O–H groups in total. The van der Waals surface area contributed by atoms with Crippen molar-refractivity contribution >= 4 is 17.8 Å². The maximum atomic E-state index is 12.2. The Morgan fingerprint density at radius 3 is 2.66 bits per heavy atom. The number of benzene rings is 1. The lowest BCUT2D eigenvalue weighted by Gasteiger charge is -2.14. The number of halogens is 1. The Kier molecular flexibility index (Phi) is 8.98. The first kappa shape index (κ1) is 25.9. The topological polar surface area (TPSA) is 162 Å². The zero-order valence-electron chi connectivity index (χ0n) is 18.6. The van der Waals surface area contributed by atoms with E-state index >= 15 is 0 Å². The van der Waals surface area contributed by atoms with E-state index in [9.17, 15) is 25.0 Å². The molecule has 0 bridgehead atoms. The molecule has 1 aromatic carbocycles. The summed E-state index contributed by atoms with van der Waals surface area (Å²) in [5.41, 5.74) is 2.84. The molecule has 0 spiro atoms. The summed E-state index contributed by atoms with van der Waals surface area (Å²) < 4.78 is 16.4. The van der Waals surface area contributed by atoms with E-state index in [4.69, 9.17) is 25.8 Å². The van der Waals surface area contributed by atoms with Gasteiger partial charge in [0.2, 0.25) is 0 Å². The molecule has 0 fully saturated rings. The molecule has 2 unspecified atom stereocenters. The molecular weight excluding hydrogens is 490 g/mol. The third-order valence-corrected chi connectivity index (χ3v) is 5.38. The fourth-order valence-corrected chi connectivity index (χ4v) is 3.63. The molecule has 1 aliphatic rings. The monoisotopic (exact) mass is 511 g/mol. The number of hydrogen-bond acceptors (Lipinski definition) is 11. The van der Waals surface area contributed by atoms with Crippen LogP contribution in [-0.4, -0.2) is 40.6 Å². The molecule has 14 heteroatoms. The molecule has 1 aromatic heterocycles. The van der Waals surface area contributed by atoms with Gasteiger partial charge in [-0.15, -0.1) is 20.2 Å². The zero-order chi connectivity index (χ0) is 25.4. The molecule has 2 heterocycles. The Labute approximate surface area is 204 Å². The number of pyridine rings is 1. The quantitative estimate of drug-likeness (QED) is 0.174. The third-order valence-electron chi connectivity index (χ3n) is 5.12. The van der Waals surface area contributed by atoms with Gasteiger partial charge in [0.15, 0.2) is 5.75 Å². The van der Waals surface area contributed by atoms with E-state index in [1.54, 1.807) is 25.3 Å². The highest BCUT2D eigenvalue weighted by Gasteiger charge is 2.30. The van der Waals surface area contributed by atoms with Crippen LogP contribution in [0.5, 0.6) is 5.75 Å². The number of unbranched alkanes of at least 4 members (excludes halogenated alkanes) is 1. The van der Waals surface area contributed by atoms with Crippen LogP contribution in [0.2, 0.25) is 5.02 Å². The second-order valence-corrected chi connectivity index (χ2v) is 7.95. The van der Waals surface area contributed by atoms with Crippen molar-refractivity contribution in [1.82, 2.24) is 4.98 Å². The molecule has 35 heavy (non-hydrogen) atoms. The Hall–Kier alpha value is -3.71. The maximum absolute atomic E-state index is 12.2. The second kappa shape index (κ2) is 12.1. The van der Waals surface area contributed by atoms with Gasteiger partial charge in [-0.05, 0) is 43.9 Å². The molecule has 2 atom stereocenters. The minimum Gasteiger partial charge on any atom is -0.434 e. The molecule has 3 rings (SSSR count). The molecule has 2 aromatic rings. The van der Waals surface area contributed by atoms with E-state index in [2.05, 4.69) is 14.7 Å². The summed E-state index contributed by atoms with van der Waals surface area (Å²) in [6.45, 7) is 1.30. The van der Waals surface area contributed by atoms with E-state index in [1.165, 1.54) is 0 Å². The number of nitrogens with zero attached hydrogens (tertiary/aromatic N) is 3. The average Bonchev–Trinajstić information content (AvgIpc) is 3.23. The third kappa shape index (κ3) is 7.39. The molecule has 188 valence electrons. The van der Waals surface area contributed by atoms with Crippen LogP contribution < -0.4 is 4.74 Å². The van der Waals surface area contributed by atoms with Crippen LogP contribution in [0.25, 0.3) is 0 Å². The fraction of sp³-hybridized carbons (Fsp3) is 0.429. The van der Waals surface area contributed by atoms with Crippen molar-refractivity contribution in [3.8, 4) is 5.75 Å². The van der Waals surface area contributed by atoms with Crippen LogP contribution in [0.15, 0.2) is 30.5 Å². The Balaban J connectivity index is 1.51. The van der Waals surface area contributed by atoms with Gasteiger partial charge in [-0.3, -0.25) is 4.98 Å². The molecule has 0 saturated carbocycles. The van der Waals surface area contributed by atoms with E-state index in [0.717, 1.165) is 11.1 Å². The van der Waals surface area contributed by atoms with Crippen LogP contribution in [0.1, 0.15) is 47.8 Å². The first-order valence-corrected chi connectivity index (χ1v) is 10.9. The van der Waals surface area contributed by atoms with Crippen molar-refractivity contribution in [2.75, 3.05) is 13.2 Å². The summed E-state index contributed by atoms with van der Waals surface area (Å²) in [6.07, 6.45) is -0.0125. The number of aromatic nitrogens is 1. The minimum atomic E-state index is -1.11. The average molecular weight is 512 g/mol. The number of fused-ring (bicyclic) bond motifs is 1.